The van der Waals surface area contributed by atoms with Crippen molar-refractivity contribution in [1.82, 2.24) is 5.32 Å². The summed E-state index contributed by atoms with van der Waals surface area (Å²) in [6, 6.07) is 0. The molecule has 0 fully saturated rings. The van der Waals surface area contributed by atoms with Gasteiger partial charge in [0.2, 0.25) is 0 Å². The van der Waals surface area contributed by atoms with E-state index in [4.69, 9.17) is 4.74 Å². The van der Waals surface area contributed by atoms with Crippen molar-refractivity contribution in [3.05, 3.63) is 0 Å². The van der Waals surface area contributed by atoms with Crippen molar-refractivity contribution >= 4 is 0 Å². The summed E-state index contributed by atoms with van der Waals surface area (Å²) in [7, 11) is 0. The average molecular weight is 247 g/mol. The standard InChI is InChI=1S/C13H29NO3/c1-4-6-8-17-10-12(15)9-14-11-13(3,16)7-5-2/h12,14-16H,4-11H2,1-3H3. The first-order valence-corrected chi connectivity index (χ1v) is 6.70. The molecule has 0 aromatic heterocycles. The van der Waals surface area contributed by atoms with Gasteiger partial charge in [0.15, 0.2) is 0 Å². The Balaban J connectivity index is 3.46. The summed E-state index contributed by atoms with van der Waals surface area (Å²) >= 11 is 0. The molecule has 0 bridgehead atoms. The first-order chi connectivity index (χ1) is 8.02. The van der Waals surface area contributed by atoms with Crippen LogP contribution in [0.1, 0.15) is 46.5 Å². The van der Waals surface area contributed by atoms with Gasteiger partial charge in [0.1, 0.15) is 0 Å². The minimum absolute atomic E-state index is 0.364. The van der Waals surface area contributed by atoms with E-state index >= 15 is 0 Å². The van der Waals surface area contributed by atoms with Crippen molar-refractivity contribution in [2.75, 3.05) is 26.3 Å². The third-order valence-corrected chi connectivity index (χ3v) is 2.63. The van der Waals surface area contributed by atoms with Crippen molar-refractivity contribution in [1.29, 1.82) is 0 Å². The average Bonchev–Trinajstić information content (AvgIpc) is 2.24. The van der Waals surface area contributed by atoms with Crippen LogP contribution in [0, 0.1) is 0 Å². The molecule has 0 aliphatic rings. The summed E-state index contributed by atoms with van der Waals surface area (Å²) in [6.07, 6.45) is 3.37. The van der Waals surface area contributed by atoms with Crippen LogP contribution in [-0.2, 0) is 4.74 Å². The molecule has 104 valence electrons. The smallest absolute Gasteiger partial charge is 0.0897 e. The fraction of sp³-hybridized carbons (Fsp3) is 1.00. The summed E-state index contributed by atoms with van der Waals surface area (Å²) in [5.74, 6) is 0. The minimum atomic E-state index is -0.683. The van der Waals surface area contributed by atoms with E-state index in [0.29, 0.717) is 26.3 Å². The molecule has 0 saturated heterocycles. The van der Waals surface area contributed by atoms with Crippen LogP contribution in [0.5, 0.6) is 0 Å². The molecule has 0 radical (unpaired) electrons. The fourth-order valence-electron chi connectivity index (χ4n) is 1.66. The summed E-state index contributed by atoms with van der Waals surface area (Å²) in [5.41, 5.74) is -0.683. The van der Waals surface area contributed by atoms with Crippen molar-refractivity contribution in [3.63, 3.8) is 0 Å². The molecule has 0 rings (SSSR count). The van der Waals surface area contributed by atoms with Gasteiger partial charge >= 0.3 is 0 Å². The molecule has 0 aliphatic heterocycles. The summed E-state index contributed by atoms with van der Waals surface area (Å²) in [4.78, 5) is 0. The fourth-order valence-corrected chi connectivity index (χ4v) is 1.66. The van der Waals surface area contributed by atoms with Gasteiger partial charge in [0.05, 0.1) is 18.3 Å². The van der Waals surface area contributed by atoms with Crippen molar-refractivity contribution in [2.24, 2.45) is 0 Å². The number of unbranched alkanes of at least 4 members (excludes halogenated alkanes) is 1. The third-order valence-electron chi connectivity index (χ3n) is 2.63. The summed E-state index contributed by atoms with van der Waals surface area (Å²) in [5, 5.41) is 22.6. The van der Waals surface area contributed by atoms with Crippen LogP contribution in [0.3, 0.4) is 0 Å². The van der Waals surface area contributed by atoms with E-state index in [1.54, 1.807) is 0 Å². The molecule has 2 atom stereocenters. The third kappa shape index (κ3) is 10.7. The molecular formula is C13H29NO3. The van der Waals surface area contributed by atoms with E-state index in [1.807, 2.05) is 13.8 Å². The molecule has 2 unspecified atom stereocenters. The van der Waals surface area contributed by atoms with Gasteiger partial charge in [0, 0.05) is 19.7 Å². The maximum Gasteiger partial charge on any atom is 0.0897 e. The number of aliphatic hydroxyl groups is 2. The van der Waals surface area contributed by atoms with E-state index in [1.165, 1.54) is 0 Å². The molecule has 17 heavy (non-hydrogen) atoms. The molecule has 0 aliphatic carbocycles. The lowest BCUT2D eigenvalue weighted by Gasteiger charge is -2.23. The van der Waals surface area contributed by atoms with Gasteiger partial charge in [0.25, 0.3) is 0 Å². The molecule has 3 N–H and O–H groups in total. The van der Waals surface area contributed by atoms with Crippen molar-refractivity contribution in [2.45, 2.75) is 58.2 Å². The zero-order chi connectivity index (χ0) is 13.1. The van der Waals surface area contributed by atoms with E-state index in [-0.39, 0.29) is 0 Å². The Bertz CT molecular complexity index is 174. The molecule has 0 saturated carbocycles. The van der Waals surface area contributed by atoms with Crippen LogP contribution >= 0.6 is 0 Å². The SMILES string of the molecule is CCCCOCC(O)CNCC(C)(O)CCC. The number of nitrogens with one attached hydrogen (secondary N) is 1. The predicted octanol–water partition coefficient (Wildman–Crippen LogP) is 1.30. The first kappa shape index (κ1) is 16.8. The molecule has 4 nitrogen and oxygen atoms in total. The quantitative estimate of drug-likeness (QED) is 0.482. The molecular weight excluding hydrogens is 218 g/mol. The Labute approximate surface area is 105 Å². The van der Waals surface area contributed by atoms with Gasteiger partial charge in [-0.1, -0.05) is 26.7 Å². The number of aliphatic hydroxyl groups excluding tert-OH is 1. The van der Waals surface area contributed by atoms with Crippen LogP contribution in [0.25, 0.3) is 0 Å². The second kappa shape index (κ2) is 9.83. The zero-order valence-electron chi connectivity index (χ0n) is 11.5. The van der Waals surface area contributed by atoms with Crippen molar-refractivity contribution < 1.29 is 14.9 Å². The second-order valence-corrected chi connectivity index (χ2v) is 4.96. The van der Waals surface area contributed by atoms with E-state index in [9.17, 15) is 10.2 Å². The van der Waals surface area contributed by atoms with Crippen molar-refractivity contribution in [3.8, 4) is 0 Å². The molecule has 0 aromatic carbocycles. The molecule has 0 aromatic rings. The van der Waals surface area contributed by atoms with Gasteiger partial charge < -0.3 is 20.3 Å². The maximum atomic E-state index is 9.90. The first-order valence-electron chi connectivity index (χ1n) is 6.70. The maximum absolute atomic E-state index is 9.90. The van der Waals surface area contributed by atoms with Crippen LogP contribution in [0.2, 0.25) is 0 Å². The normalized spacial score (nSPS) is 16.8. The molecule has 4 heteroatoms. The Morgan fingerprint density at radius 3 is 2.59 bits per heavy atom. The molecule has 0 amide bonds. The number of hydrogen-bond acceptors (Lipinski definition) is 4. The number of ether oxygens (including phenoxy) is 1. The Morgan fingerprint density at radius 2 is 2.00 bits per heavy atom. The van der Waals surface area contributed by atoms with Crippen LogP contribution in [-0.4, -0.2) is 48.2 Å². The van der Waals surface area contributed by atoms with Gasteiger partial charge in [-0.25, -0.2) is 0 Å². The van der Waals surface area contributed by atoms with Gasteiger partial charge in [-0.2, -0.15) is 0 Å². The van der Waals surface area contributed by atoms with E-state index in [0.717, 1.165) is 25.7 Å². The largest absolute Gasteiger partial charge is 0.389 e. The lowest BCUT2D eigenvalue weighted by Crippen LogP contribution is -2.41. The summed E-state index contributed by atoms with van der Waals surface area (Å²) < 4.78 is 5.31. The lowest BCUT2D eigenvalue weighted by atomic mass is 10.0. The van der Waals surface area contributed by atoms with Crippen LogP contribution < -0.4 is 5.32 Å². The lowest BCUT2D eigenvalue weighted by molar-refractivity contribution is 0.0235. The summed E-state index contributed by atoms with van der Waals surface area (Å²) in [6.45, 7) is 8.01. The monoisotopic (exact) mass is 247 g/mol. The van der Waals surface area contributed by atoms with E-state index < -0.39 is 11.7 Å². The molecule has 0 heterocycles. The Kier molecular flexibility index (Phi) is 9.74. The van der Waals surface area contributed by atoms with Crippen LogP contribution in [0.4, 0.5) is 0 Å². The topological polar surface area (TPSA) is 61.7 Å². The van der Waals surface area contributed by atoms with Gasteiger partial charge in [-0.3, -0.25) is 0 Å². The Morgan fingerprint density at radius 1 is 1.29 bits per heavy atom. The highest BCUT2D eigenvalue weighted by atomic mass is 16.5. The zero-order valence-corrected chi connectivity index (χ0v) is 11.5. The highest BCUT2D eigenvalue weighted by Gasteiger charge is 2.18. The number of hydrogen-bond donors (Lipinski definition) is 3. The van der Waals surface area contributed by atoms with Gasteiger partial charge in [-0.05, 0) is 19.8 Å². The number of rotatable bonds is 11. The molecule has 0 spiro atoms. The highest BCUT2D eigenvalue weighted by Crippen LogP contribution is 2.09. The minimum Gasteiger partial charge on any atom is -0.389 e. The highest BCUT2D eigenvalue weighted by molar-refractivity contribution is 4.75. The van der Waals surface area contributed by atoms with E-state index in [2.05, 4.69) is 12.2 Å². The Hall–Kier alpha value is -0.160. The van der Waals surface area contributed by atoms with Gasteiger partial charge in [-0.15, -0.1) is 0 Å². The predicted molar refractivity (Wildman–Crippen MR) is 70.1 cm³/mol. The van der Waals surface area contributed by atoms with Crippen LogP contribution in [0.15, 0.2) is 0 Å². The second-order valence-electron chi connectivity index (χ2n) is 4.96.